The number of sulfonamides is 1. The van der Waals surface area contributed by atoms with Crippen molar-refractivity contribution in [3.05, 3.63) is 90.0 Å². The molecule has 0 radical (unpaired) electrons. The molecule has 0 aromatic heterocycles. The van der Waals surface area contributed by atoms with Crippen LogP contribution in [0.25, 0.3) is 0 Å². The van der Waals surface area contributed by atoms with Gasteiger partial charge in [0.05, 0.1) is 29.7 Å². The second-order valence-corrected chi connectivity index (χ2v) is 11.2. The Balaban J connectivity index is 1.89. The van der Waals surface area contributed by atoms with Gasteiger partial charge in [0.15, 0.2) is 0 Å². The van der Waals surface area contributed by atoms with Gasteiger partial charge in [-0.05, 0) is 54.3 Å². The lowest BCUT2D eigenvalue weighted by atomic mass is 10.00. The Labute approximate surface area is 218 Å². The predicted molar refractivity (Wildman–Crippen MR) is 142 cm³/mol. The van der Waals surface area contributed by atoms with Gasteiger partial charge in [0, 0.05) is 13.1 Å². The highest BCUT2D eigenvalue weighted by Gasteiger charge is 2.31. The van der Waals surface area contributed by atoms with E-state index >= 15 is 0 Å². The van der Waals surface area contributed by atoms with E-state index in [-0.39, 0.29) is 41.6 Å². The molecule has 0 aliphatic rings. The molecule has 0 saturated carbocycles. The second kappa shape index (κ2) is 12.7. The third kappa shape index (κ3) is 7.55. The van der Waals surface area contributed by atoms with Crippen LogP contribution in [-0.2, 0) is 16.4 Å². The number of aliphatic hydroxyl groups excluding tert-OH is 1. The zero-order valence-corrected chi connectivity index (χ0v) is 22.1. The number of aromatic hydroxyl groups is 1. The molecule has 1 amide bonds. The fraction of sp³-hybridized carbons (Fsp3) is 0.321. The van der Waals surface area contributed by atoms with Crippen molar-refractivity contribution in [3.63, 3.8) is 0 Å². The summed E-state index contributed by atoms with van der Waals surface area (Å²) in [7, 11) is -2.44. The summed E-state index contributed by atoms with van der Waals surface area (Å²) in [5.41, 5.74) is 0.926. The maximum absolute atomic E-state index is 13.5. The van der Waals surface area contributed by atoms with Gasteiger partial charge in [-0.1, -0.05) is 56.3 Å². The molecule has 0 aliphatic heterocycles. The Bertz CT molecular complexity index is 1260. The van der Waals surface area contributed by atoms with Gasteiger partial charge in [-0.25, -0.2) is 8.42 Å². The topological polar surface area (TPSA) is 116 Å². The maximum atomic E-state index is 13.5. The van der Waals surface area contributed by atoms with E-state index in [1.54, 1.807) is 24.3 Å². The van der Waals surface area contributed by atoms with Crippen molar-refractivity contribution in [3.8, 4) is 11.5 Å². The van der Waals surface area contributed by atoms with E-state index in [1.807, 2.05) is 44.2 Å². The van der Waals surface area contributed by atoms with Crippen LogP contribution in [0.4, 0.5) is 0 Å². The molecule has 0 unspecified atom stereocenters. The Kier molecular flexibility index (Phi) is 9.68. The van der Waals surface area contributed by atoms with Crippen molar-refractivity contribution in [1.29, 1.82) is 0 Å². The number of hydrogen-bond acceptors (Lipinski definition) is 6. The van der Waals surface area contributed by atoms with Crippen molar-refractivity contribution in [2.45, 2.75) is 37.3 Å². The van der Waals surface area contributed by atoms with Crippen molar-refractivity contribution in [2.24, 2.45) is 5.92 Å². The molecule has 0 aliphatic carbocycles. The number of hydrogen-bond donors (Lipinski definition) is 3. The van der Waals surface area contributed by atoms with Crippen LogP contribution in [-0.4, -0.2) is 61.2 Å². The lowest BCUT2D eigenvalue weighted by Gasteiger charge is -2.31. The number of nitrogens with one attached hydrogen (secondary N) is 1. The zero-order chi connectivity index (χ0) is 27.0. The first kappa shape index (κ1) is 28.2. The molecule has 3 aromatic rings. The Morgan fingerprint density at radius 3 is 2.16 bits per heavy atom. The summed E-state index contributed by atoms with van der Waals surface area (Å²) >= 11 is 0. The number of methoxy groups -OCH3 is 1. The summed E-state index contributed by atoms with van der Waals surface area (Å²) in [5.74, 6) is -0.226. The SMILES string of the molecule is COc1ccc(S(=O)(=O)N(CC(C)C)C[C@@H](O)[C@H](Cc2ccccc2)NC(=O)c2ccccc2O)cc1. The van der Waals surface area contributed by atoms with Gasteiger partial charge in [0.25, 0.3) is 5.91 Å². The van der Waals surface area contributed by atoms with Gasteiger partial charge in [-0.3, -0.25) is 4.79 Å². The standard InChI is InChI=1S/C28H34N2O6S/c1-20(2)18-30(37(34,35)23-15-13-22(36-3)14-16-23)19-27(32)25(17-21-9-5-4-6-10-21)29-28(33)24-11-7-8-12-26(24)31/h4-16,20,25,27,31-32H,17-19H2,1-3H3,(H,29,33)/t25-,27+/m0/s1. The lowest BCUT2D eigenvalue weighted by Crippen LogP contribution is -2.51. The van der Waals surface area contributed by atoms with E-state index in [4.69, 9.17) is 4.74 Å². The number of ether oxygens (including phenoxy) is 1. The zero-order valence-electron chi connectivity index (χ0n) is 21.2. The lowest BCUT2D eigenvalue weighted by molar-refractivity contribution is 0.0773. The number of rotatable bonds is 12. The number of para-hydroxylation sites is 1. The minimum Gasteiger partial charge on any atom is -0.507 e. The predicted octanol–water partition coefficient (Wildman–Crippen LogP) is 3.45. The van der Waals surface area contributed by atoms with E-state index in [0.29, 0.717) is 5.75 Å². The largest absolute Gasteiger partial charge is 0.507 e. The van der Waals surface area contributed by atoms with Crippen molar-refractivity contribution < 1.29 is 28.2 Å². The second-order valence-electron chi connectivity index (χ2n) is 9.25. The van der Waals surface area contributed by atoms with Gasteiger partial charge in [-0.2, -0.15) is 4.31 Å². The van der Waals surface area contributed by atoms with E-state index in [9.17, 15) is 23.4 Å². The van der Waals surface area contributed by atoms with Crippen LogP contribution < -0.4 is 10.1 Å². The highest BCUT2D eigenvalue weighted by atomic mass is 32.2. The number of nitrogens with zero attached hydrogens (tertiary/aromatic N) is 1. The minimum absolute atomic E-state index is 0.0105. The van der Waals surface area contributed by atoms with Crippen molar-refractivity contribution >= 4 is 15.9 Å². The van der Waals surface area contributed by atoms with Crippen LogP contribution in [0.3, 0.4) is 0 Å². The monoisotopic (exact) mass is 526 g/mol. The van der Waals surface area contributed by atoms with E-state index in [0.717, 1.165) is 5.56 Å². The van der Waals surface area contributed by atoms with Crippen LogP contribution in [0, 0.1) is 5.92 Å². The molecular formula is C28H34N2O6S. The maximum Gasteiger partial charge on any atom is 0.255 e. The number of aliphatic hydroxyl groups is 1. The van der Waals surface area contributed by atoms with E-state index < -0.39 is 28.1 Å². The summed E-state index contributed by atoms with van der Waals surface area (Å²) in [5, 5.41) is 24.2. The van der Waals surface area contributed by atoms with Gasteiger partial charge in [-0.15, -0.1) is 0 Å². The molecule has 2 atom stereocenters. The van der Waals surface area contributed by atoms with E-state index in [2.05, 4.69) is 5.32 Å². The fourth-order valence-electron chi connectivity index (χ4n) is 3.97. The molecule has 0 heterocycles. The van der Waals surface area contributed by atoms with Crippen molar-refractivity contribution in [2.75, 3.05) is 20.2 Å². The summed E-state index contributed by atoms with van der Waals surface area (Å²) in [6.07, 6.45) is -0.971. The first-order chi connectivity index (χ1) is 17.6. The molecule has 8 nitrogen and oxygen atoms in total. The summed E-state index contributed by atoms with van der Waals surface area (Å²) in [4.78, 5) is 13.1. The Morgan fingerprint density at radius 2 is 1.57 bits per heavy atom. The molecule has 3 rings (SSSR count). The summed E-state index contributed by atoms with van der Waals surface area (Å²) < 4.78 is 33.4. The summed E-state index contributed by atoms with van der Waals surface area (Å²) in [6, 6.07) is 20.7. The number of phenols is 1. The van der Waals surface area contributed by atoms with E-state index in [1.165, 1.54) is 35.7 Å². The number of phenolic OH excluding ortho intramolecular Hbond substituents is 1. The van der Waals surface area contributed by atoms with Gasteiger partial charge in [0.1, 0.15) is 11.5 Å². The normalized spacial score (nSPS) is 13.4. The fourth-order valence-corrected chi connectivity index (χ4v) is 5.60. The average Bonchev–Trinajstić information content (AvgIpc) is 2.88. The molecule has 37 heavy (non-hydrogen) atoms. The third-order valence-corrected chi connectivity index (χ3v) is 7.73. The average molecular weight is 527 g/mol. The van der Waals surface area contributed by atoms with Crippen LogP contribution >= 0.6 is 0 Å². The molecule has 3 aromatic carbocycles. The van der Waals surface area contributed by atoms with Crippen molar-refractivity contribution in [1.82, 2.24) is 9.62 Å². The minimum atomic E-state index is -3.94. The molecule has 0 bridgehead atoms. The van der Waals surface area contributed by atoms with Crippen LogP contribution in [0.15, 0.2) is 83.8 Å². The molecule has 198 valence electrons. The first-order valence-corrected chi connectivity index (χ1v) is 13.5. The molecule has 0 fully saturated rings. The number of carbonyl (C=O) groups is 1. The first-order valence-electron chi connectivity index (χ1n) is 12.1. The molecular weight excluding hydrogens is 492 g/mol. The van der Waals surface area contributed by atoms with Crippen LogP contribution in [0.5, 0.6) is 11.5 Å². The number of amides is 1. The smallest absolute Gasteiger partial charge is 0.255 e. The molecule has 9 heteroatoms. The summed E-state index contributed by atoms with van der Waals surface area (Å²) in [6.45, 7) is 3.73. The van der Waals surface area contributed by atoms with Crippen LogP contribution in [0.1, 0.15) is 29.8 Å². The molecule has 0 spiro atoms. The molecule has 3 N–H and O–H groups in total. The highest BCUT2D eigenvalue weighted by molar-refractivity contribution is 7.89. The van der Waals surface area contributed by atoms with Gasteiger partial charge >= 0.3 is 0 Å². The van der Waals surface area contributed by atoms with Gasteiger partial charge < -0.3 is 20.3 Å². The Hall–Kier alpha value is -3.40. The van der Waals surface area contributed by atoms with Gasteiger partial charge in [0.2, 0.25) is 10.0 Å². The van der Waals surface area contributed by atoms with Crippen LogP contribution in [0.2, 0.25) is 0 Å². The number of benzene rings is 3. The quantitative estimate of drug-likeness (QED) is 0.333. The Morgan fingerprint density at radius 1 is 0.946 bits per heavy atom. The highest BCUT2D eigenvalue weighted by Crippen LogP contribution is 2.22. The number of carbonyl (C=O) groups excluding carboxylic acids is 1. The third-order valence-electron chi connectivity index (χ3n) is 5.88. The molecule has 0 saturated heterocycles.